The van der Waals surface area contributed by atoms with Crippen molar-refractivity contribution >= 4 is 27.5 Å². The largest absolute Gasteiger partial charge is 0.435 e. The summed E-state index contributed by atoms with van der Waals surface area (Å²) in [5, 5.41) is 11.0. The molecule has 1 atom stereocenters. The summed E-state index contributed by atoms with van der Waals surface area (Å²) < 4.78 is 43.8. The third-order valence-electron chi connectivity index (χ3n) is 5.05. The fraction of sp³-hybridized carbons (Fsp3) is 0.318. The van der Waals surface area contributed by atoms with Crippen LogP contribution in [0.5, 0.6) is 0 Å². The lowest BCUT2D eigenvalue weighted by molar-refractivity contribution is -0.140. The molecule has 1 amide bonds. The third-order valence-corrected chi connectivity index (χ3v) is 6.16. The number of thiophene rings is 1. The highest BCUT2D eigenvalue weighted by atomic mass is 32.1. The van der Waals surface area contributed by atoms with Crippen LogP contribution in [0.15, 0.2) is 42.5 Å². The van der Waals surface area contributed by atoms with Gasteiger partial charge in [0, 0.05) is 24.2 Å². The highest BCUT2D eigenvalue weighted by Crippen LogP contribution is 2.38. The molecule has 0 radical (unpaired) electrons. The van der Waals surface area contributed by atoms with E-state index in [2.05, 4.69) is 15.5 Å². The number of hydrogen-bond acceptors (Lipinski definition) is 4. The van der Waals surface area contributed by atoms with Crippen LogP contribution < -0.4 is 5.32 Å². The van der Waals surface area contributed by atoms with Crippen molar-refractivity contribution in [2.75, 3.05) is 6.54 Å². The molecule has 3 heterocycles. The zero-order chi connectivity index (χ0) is 23.0. The molecule has 1 N–H and O–H groups in total. The van der Waals surface area contributed by atoms with E-state index >= 15 is 0 Å². The first-order chi connectivity index (χ1) is 15.1. The minimum Gasteiger partial charge on any atom is -0.351 e. The number of para-hydroxylation sites is 1. The van der Waals surface area contributed by atoms with Crippen LogP contribution in [0.4, 0.5) is 13.2 Å². The van der Waals surface area contributed by atoms with Crippen LogP contribution in [-0.2, 0) is 12.7 Å². The first kappa shape index (κ1) is 22.1. The number of hydrogen-bond donors (Lipinski definition) is 1. The standard InChI is InChI=1S/C22H22F3N5OS/c1-13(12-29-15(3)9-14(2)27-29)11-26-20(31)18-10-17-19(22(23,24)25)28-30(21(17)32-18)16-7-5-4-6-8-16/h4-10,13H,11-12H2,1-3H3,(H,26,31)/t13-/m0/s1. The highest BCUT2D eigenvalue weighted by molar-refractivity contribution is 7.20. The molecule has 0 unspecified atom stereocenters. The van der Waals surface area contributed by atoms with Gasteiger partial charge in [-0.25, -0.2) is 4.68 Å². The van der Waals surface area contributed by atoms with E-state index in [0.29, 0.717) is 18.8 Å². The first-order valence-corrected chi connectivity index (χ1v) is 10.9. The Morgan fingerprint density at radius 2 is 1.88 bits per heavy atom. The summed E-state index contributed by atoms with van der Waals surface area (Å²) in [6.45, 7) is 6.88. The minimum absolute atomic E-state index is 0.0767. The Kier molecular flexibility index (Phi) is 5.81. The van der Waals surface area contributed by atoms with Gasteiger partial charge in [0.2, 0.25) is 0 Å². The normalized spacial score (nSPS) is 12.9. The molecule has 168 valence electrons. The number of halogens is 3. The predicted molar refractivity (Wildman–Crippen MR) is 117 cm³/mol. The summed E-state index contributed by atoms with van der Waals surface area (Å²) in [4.78, 5) is 13.2. The number of alkyl halides is 3. The number of carbonyl (C=O) groups excluding carboxylic acids is 1. The average Bonchev–Trinajstić information content (AvgIpc) is 3.39. The van der Waals surface area contributed by atoms with Crippen molar-refractivity contribution in [3.05, 3.63) is 64.4 Å². The molecule has 0 spiro atoms. The van der Waals surface area contributed by atoms with E-state index in [1.807, 2.05) is 31.5 Å². The van der Waals surface area contributed by atoms with Crippen molar-refractivity contribution in [3.63, 3.8) is 0 Å². The van der Waals surface area contributed by atoms with Gasteiger partial charge in [-0.05, 0) is 44.0 Å². The van der Waals surface area contributed by atoms with Crippen molar-refractivity contribution in [1.82, 2.24) is 24.9 Å². The van der Waals surface area contributed by atoms with Gasteiger partial charge < -0.3 is 5.32 Å². The third kappa shape index (κ3) is 4.40. The lowest BCUT2D eigenvalue weighted by atomic mass is 10.2. The average molecular weight is 462 g/mol. The number of aromatic nitrogens is 4. The molecular weight excluding hydrogens is 439 g/mol. The van der Waals surface area contributed by atoms with E-state index in [0.717, 1.165) is 22.7 Å². The van der Waals surface area contributed by atoms with Gasteiger partial charge in [0.05, 0.1) is 16.3 Å². The molecule has 4 rings (SSSR count). The maximum absolute atomic E-state index is 13.6. The van der Waals surface area contributed by atoms with Crippen molar-refractivity contribution < 1.29 is 18.0 Å². The SMILES string of the molecule is Cc1cc(C)n(C[C@@H](C)CNC(=O)c2cc3c(C(F)(F)F)nn(-c4ccccc4)c3s2)n1. The van der Waals surface area contributed by atoms with Crippen LogP contribution in [0.1, 0.15) is 33.7 Å². The number of amides is 1. The molecule has 0 saturated carbocycles. The van der Waals surface area contributed by atoms with Crippen LogP contribution in [0.3, 0.4) is 0 Å². The van der Waals surface area contributed by atoms with E-state index in [9.17, 15) is 18.0 Å². The van der Waals surface area contributed by atoms with Gasteiger partial charge in [-0.3, -0.25) is 9.48 Å². The maximum Gasteiger partial charge on any atom is 0.435 e. The molecule has 3 aromatic heterocycles. The van der Waals surface area contributed by atoms with Gasteiger partial charge in [-0.1, -0.05) is 25.1 Å². The maximum atomic E-state index is 13.6. The van der Waals surface area contributed by atoms with Gasteiger partial charge in [0.15, 0.2) is 5.69 Å². The first-order valence-electron chi connectivity index (χ1n) is 10.1. The Hall–Kier alpha value is -3.14. The summed E-state index contributed by atoms with van der Waals surface area (Å²) in [7, 11) is 0. The second-order valence-electron chi connectivity index (χ2n) is 7.85. The number of aryl methyl sites for hydroxylation is 2. The smallest absolute Gasteiger partial charge is 0.351 e. The Balaban J connectivity index is 1.55. The van der Waals surface area contributed by atoms with Crippen LogP contribution in [0.2, 0.25) is 0 Å². The van der Waals surface area contributed by atoms with E-state index in [-0.39, 0.29) is 21.0 Å². The Bertz CT molecular complexity index is 1260. The number of fused-ring (bicyclic) bond motifs is 1. The number of nitrogens with one attached hydrogen (secondary N) is 1. The molecule has 32 heavy (non-hydrogen) atoms. The van der Waals surface area contributed by atoms with Crippen molar-refractivity contribution in [1.29, 1.82) is 0 Å². The van der Waals surface area contributed by atoms with Gasteiger partial charge >= 0.3 is 6.18 Å². The molecule has 0 bridgehead atoms. The van der Waals surface area contributed by atoms with E-state index in [1.165, 1.54) is 10.7 Å². The Labute approximate surface area is 186 Å². The monoisotopic (exact) mass is 461 g/mol. The van der Waals surface area contributed by atoms with Gasteiger partial charge in [0.25, 0.3) is 5.91 Å². The highest BCUT2D eigenvalue weighted by Gasteiger charge is 2.38. The molecule has 10 heteroatoms. The summed E-state index contributed by atoms with van der Waals surface area (Å²) >= 11 is 0.996. The summed E-state index contributed by atoms with van der Waals surface area (Å²) in [6.07, 6.45) is -4.62. The zero-order valence-electron chi connectivity index (χ0n) is 17.8. The number of benzene rings is 1. The molecule has 0 aliphatic carbocycles. The molecule has 0 saturated heterocycles. The summed E-state index contributed by atoms with van der Waals surface area (Å²) in [6, 6.07) is 11.8. The molecule has 0 aliphatic heterocycles. The second-order valence-corrected chi connectivity index (χ2v) is 8.88. The zero-order valence-corrected chi connectivity index (χ0v) is 18.6. The van der Waals surface area contributed by atoms with Crippen LogP contribution >= 0.6 is 11.3 Å². The van der Waals surface area contributed by atoms with Crippen LogP contribution in [0, 0.1) is 19.8 Å². The minimum atomic E-state index is -4.62. The van der Waals surface area contributed by atoms with Crippen molar-refractivity contribution in [3.8, 4) is 5.69 Å². The van der Waals surface area contributed by atoms with Crippen molar-refractivity contribution in [2.45, 2.75) is 33.5 Å². The fourth-order valence-corrected chi connectivity index (χ4v) is 4.59. The van der Waals surface area contributed by atoms with Gasteiger partial charge in [-0.2, -0.15) is 23.4 Å². The molecule has 6 nitrogen and oxygen atoms in total. The van der Waals surface area contributed by atoms with Gasteiger partial charge in [-0.15, -0.1) is 11.3 Å². The van der Waals surface area contributed by atoms with E-state index < -0.39 is 17.8 Å². The van der Waals surface area contributed by atoms with E-state index in [4.69, 9.17) is 0 Å². The van der Waals surface area contributed by atoms with Crippen molar-refractivity contribution in [2.24, 2.45) is 5.92 Å². The Morgan fingerprint density at radius 3 is 2.50 bits per heavy atom. The Morgan fingerprint density at radius 1 is 1.16 bits per heavy atom. The lowest BCUT2D eigenvalue weighted by Crippen LogP contribution is -2.29. The molecule has 4 aromatic rings. The summed E-state index contributed by atoms with van der Waals surface area (Å²) in [5.74, 6) is -0.309. The summed E-state index contributed by atoms with van der Waals surface area (Å²) in [5.41, 5.74) is 1.47. The topological polar surface area (TPSA) is 64.7 Å². The number of nitrogens with zero attached hydrogens (tertiary/aromatic N) is 4. The molecule has 0 fully saturated rings. The number of carbonyl (C=O) groups is 1. The number of rotatable bonds is 6. The van der Waals surface area contributed by atoms with Crippen LogP contribution in [-0.4, -0.2) is 32.0 Å². The fourth-order valence-electron chi connectivity index (χ4n) is 3.55. The lowest BCUT2D eigenvalue weighted by Gasteiger charge is -2.13. The molecular formula is C22H22F3N5OS. The van der Waals surface area contributed by atoms with Crippen LogP contribution in [0.25, 0.3) is 15.9 Å². The van der Waals surface area contributed by atoms with Gasteiger partial charge in [0.1, 0.15) is 4.83 Å². The molecule has 1 aromatic carbocycles. The quantitative estimate of drug-likeness (QED) is 0.440. The predicted octanol–water partition coefficient (Wildman–Crippen LogP) is 4.99. The second kappa shape index (κ2) is 8.42. The van der Waals surface area contributed by atoms with E-state index in [1.54, 1.807) is 30.3 Å². The molecule has 0 aliphatic rings.